The summed E-state index contributed by atoms with van der Waals surface area (Å²) in [5.74, 6) is 0. The normalized spacial score (nSPS) is 10.8. The van der Waals surface area contributed by atoms with Gasteiger partial charge in [0, 0.05) is 5.02 Å². The van der Waals surface area contributed by atoms with E-state index in [1.807, 2.05) is 24.6 Å². The number of hydrogen-bond acceptors (Lipinski definition) is 3. The number of halogens is 3. The van der Waals surface area contributed by atoms with Crippen molar-refractivity contribution in [2.24, 2.45) is 9.98 Å². The number of pyridine rings is 1. The van der Waals surface area contributed by atoms with Gasteiger partial charge in [-0.3, -0.25) is 9.98 Å². The van der Waals surface area contributed by atoms with E-state index < -0.39 is 0 Å². The molecule has 0 aliphatic carbocycles. The number of aryl methyl sites for hydroxylation is 4. The van der Waals surface area contributed by atoms with Crippen LogP contribution < -0.4 is 24.8 Å². The molecule has 0 unspecified atom stereocenters. The van der Waals surface area contributed by atoms with Crippen LogP contribution in [0.3, 0.4) is 0 Å². The monoisotopic (exact) mass is 608 g/mol. The van der Waals surface area contributed by atoms with E-state index in [4.69, 9.17) is 26.6 Å². The summed E-state index contributed by atoms with van der Waals surface area (Å²) in [7, 11) is 0. The van der Waals surface area contributed by atoms with Crippen molar-refractivity contribution in [3.63, 3.8) is 0 Å². The molecule has 0 N–H and O–H groups in total. The van der Waals surface area contributed by atoms with E-state index in [1.165, 1.54) is 22.3 Å². The molecule has 1 aromatic heterocycles. The molecule has 2 aromatic carbocycles. The van der Waals surface area contributed by atoms with Gasteiger partial charge >= 0.3 is 18.6 Å². The fourth-order valence-corrected chi connectivity index (χ4v) is 4.66. The molecule has 0 bridgehead atoms. The third kappa shape index (κ3) is 10.5. The van der Waals surface area contributed by atoms with Gasteiger partial charge in [0.05, 0.1) is 35.2 Å². The fourth-order valence-electron chi connectivity index (χ4n) is 4.44. The van der Waals surface area contributed by atoms with Crippen LogP contribution in [0.2, 0.25) is 5.02 Å². The molecular weight excluding hydrogens is 572 g/mol. The van der Waals surface area contributed by atoms with Gasteiger partial charge in [-0.1, -0.05) is 101 Å². The Hall–Kier alpha value is -1.62. The molecule has 7 heteroatoms. The molecule has 203 valence electrons. The van der Waals surface area contributed by atoms with Crippen LogP contribution in [-0.4, -0.2) is 17.4 Å². The number of para-hydroxylation sites is 2. The number of rotatable bonds is 12. The Balaban J connectivity index is 0.00000456. The van der Waals surface area contributed by atoms with Crippen LogP contribution in [0.5, 0.6) is 0 Å². The summed E-state index contributed by atoms with van der Waals surface area (Å²) in [6, 6.07) is 16.7. The third-order valence-corrected chi connectivity index (χ3v) is 6.18. The molecule has 0 saturated heterocycles. The minimum absolute atomic E-state index is 0. The van der Waals surface area contributed by atoms with E-state index in [1.54, 1.807) is 0 Å². The van der Waals surface area contributed by atoms with E-state index in [0.29, 0.717) is 5.02 Å². The first-order valence-electron chi connectivity index (χ1n) is 13.1. The first-order valence-corrected chi connectivity index (χ1v) is 13.4. The predicted molar refractivity (Wildman–Crippen MR) is 153 cm³/mol. The molecule has 0 saturated carbocycles. The van der Waals surface area contributed by atoms with Crippen molar-refractivity contribution in [1.29, 1.82) is 0 Å². The van der Waals surface area contributed by atoms with Crippen LogP contribution in [0.15, 0.2) is 58.5 Å². The van der Waals surface area contributed by atoms with Crippen LogP contribution in [-0.2, 0) is 44.2 Å². The second-order valence-electron chi connectivity index (χ2n) is 9.00. The zero-order chi connectivity index (χ0) is 25.0. The van der Waals surface area contributed by atoms with E-state index in [9.17, 15) is 0 Å². The van der Waals surface area contributed by atoms with Gasteiger partial charge in [-0.05, 0) is 60.1 Å². The van der Waals surface area contributed by atoms with Crippen molar-refractivity contribution in [2.75, 3.05) is 0 Å². The molecular formula is C31H38Cl3N3V. The van der Waals surface area contributed by atoms with Crippen molar-refractivity contribution in [3.05, 3.63) is 87.2 Å². The molecule has 0 atom stereocenters. The van der Waals surface area contributed by atoms with Gasteiger partial charge in [-0.2, -0.15) is 0 Å². The van der Waals surface area contributed by atoms with Gasteiger partial charge in [-0.15, -0.1) is 0 Å². The van der Waals surface area contributed by atoms with E-state index >= 15 is 0 Å². The number of nitrogens with zero attached hydrogens (tertiary/aromatic N) is 3. The van der Waals surface area contributed by atoms with Crippen LogP contribution in [0.1, 0.15) is 87.0 Å². The zero-order valence-electron chi connectivity index (χ0n) is 22.9. The number of aromatic nitrogens is 1. The summed E-state index contributed by atoms with van der Waals surface area (Å²) >= 11 is 6.47. The van der Waals surface area contributed by atoms with Gasteiger partial charge in [0.2, 0.25) is 0 Å². The van der Waals surface area contributed by atoms with Crippen LogP contribution >= 0.6 is 11.6 Å². The summed E-state index contributed by atoms with van der Waals surface area (Å²) in [5.41, 5.74) is 8.77. The molecule has 1 radical (unpaired) electrons. The summed E-state index contributed by atoms with van der Waals surface area (Å²) in [6.07, 6.45) is 12.1. The summed E-state index contributed by atoms with van der Waals surface area (Å²) < 4.78 is 0. The Bertz CT molecular complexity index is 1040. The maximum absolute atomic E-state index is 6.47. The fraction of sp³-hybridized carbons (Fsp3) is 0.387. The minimum atomic E-state index is 0. The standard InChI is InChI=1S/C31H38ClN3.2ClH.V/c1-5-11-23-15-9-16-24(12-6-2)30(23)33-21-28-19-27(32)20-29(35-28)22-34-31-25(13-7-3)17-10-18-26(31)14-8-4;;;/h9-10,15-22H,5-8,11-14H2,1-4H3;2*1H;/q;;;+2/p-2. The maximum atomic E-state index is 6.47. The molecule has 0 amide bonds. The van der Waals surface area contributed by atoms with Crippen LogP contribution in [0.25, 0.3) is 0 Å². The molecule has 0 aliphatic heterocycles. The van der Waals surface area contributed by atoms with Gasteiger partial charge < -0.3 is 24.8 Å². The van der Waals surface area contributed by atoms with Crippen LogP contribution in [0.4, 0.5) is 11.4 Å². The van der Waals surface area contributed by atoms with Crippen molar-refractivity contribution in [3.8, 4) is 0 Å². The van der Waals surface area contributed by atoms with Gasteiger partial charge in [0.15, 0.2) is 0 Å². The average Bonchev–Trinajstić information content (AvgIpc) is 2.84. The third-order valence-electron chi connectivity index (χ3n) is 5.97. The number of hydrogen-bond donors (Lipinski definition) is 0. The SMILES string of the molecule is CCCc1cccc(CCC)c1N=Cc1cc(Cl)cc(C=Nc2c(CCC)cccc2CCC)n1.[Cl-].[Cl-].[V+2]. The maximum Gasteiger partial charge on any atom is 2.00 e. The molecule has 3 rings (SSSR count). The molecule has 3 nitrogen and oxygen atoms in total. The van der Waals surface area contributed by atoms with Gasteiger partial charge in [0.1, 0.15) is 0 Å². The average molecular weight is 610 g/mol. The molecule has 0 aliphatic rings. The second kappa shape index (κ2) is 19.4. The predicted octanol–water partition coefficient (Wildman–Crippen LogP) is 3.05. The molecule has 38 heavy (non-hydrogen) atoms. The van der Waals surface area contributed by atoms with Gasteiger partial charge in [-0.25, -0.2) is 4.98 Å². The van der Waals surface area contributed by atoms with E-state index in [0.717, 1.165) is 74.1 Å². The molecule has 0 fully saturated rings. The molecule has 3 aromatic rings. The molecule has 0 spiro atoms. The first kappa shape index (κ1) is 36.4. The topological polar surface area (TPSA) is 37.6 Å². The summed E-state index contributed by atoms with van der Waals surface area (Å²) in [4.78, 5) is 14.6. The van der Waals surface area contributed by atoms with Crippen LogP contribution in [0, 0.1) is 0 Å². The molecule has 1 heterocycles. The largest absolute Gasteiger partial charge is 2.00 e. The van der Waals surface area contributed by atoms with Gasteiger partial charge in [0.25, 0.3) is 0 Å². The summed E-state index contributed by atoms with van der Waals surface area (Å²) in [6.45, 7) is 8.81. The quantitative estimate of drug-likeness (QED) is 0.291. The smallest absolute Gasteiger partial charge is 1.00 e. The zero-order valence-corrected chi connectivity index (χ0v) is 26.5. The van der Waals surface area contributed by atoms with Crippen molar-refractivity contribution in [1.82, 2.24) is 4.98 Å². The van der Waals surface area contributed by atoms with Crippen molar-refractivity contribution >= 4 is 35.4 Å². The Kier molecular flexibility index (Phi) is 18.6. The Morgan fingerprint density at radius 3 is 1.24 bits per heavy atom. The Morgan fingerprint density at radius 1 is 0.632 bits per heavy atom. The summed E-state index contributed by atoms with van der Waals surface area (Å²) in [5, 5.41) is 0.633. The van der Waals surface area contributed by atoms with Crippen molar-refractivity contribution in [2.45, 2.75) is 79.1 Å². The van der Waals surface area contributed by atoms with E-state index in [-0.39, 0.29) is 43.4 Å². The van der Waals surface area contributed by atoms with Crippen molar-refractivity contribution < 1.29 is 43.4 Å². The second-order valence-corrected chi connectivity index (χ2v) is 9.44. The Morgan fingerprint density at radius 2 is 0.947 bits per heavy atom. The Labute approximate surface area is 258 Å². The van der Waals surface area contributed by atoms with E-state index in [2.05, 4.69) is 64.1 Å². The minimum Gasteiger partial charge on any atom is -1.00 e. The number of benzene rings is 2. The number of aliphatic imine (C=N–C) groups is 2. The first-order chi connectivity index (χ1) is 17.1.